The Morgan fingerprint density at radius 2 is 1.80 bits per heavy atom. The quantitative estimate of drug-likeness (QED) is 0.571. The highest BCUT2D eigenvalue weighted by molar-refractivity contribution is 9.10. The molecule has 0 spiro atoms. The van der Waals surface area contributed by atoms with Crippen LogP contribution in [0.1, 0.15) is 0 Å². The fourth-order valence-corrected chi connectivity index (χ4v) is 1.99. The normalized spacial score (nSPS) is 10.2. The lowest BCUT2D eigenvalue weighted by Gasteiger charge is -2.08. The summed E-state index contributed by atoms with van der Waals surface area (Å²) in [5, 5.41) is 0.858. The minimum absolute atomic E-state index is 0.254. The van der Waals surface area contributed by atoms with E-state index in [0.717, 1.165) is 4.47 Å². The minimum Gasteiger partial charge on any atom is -0.480 e. The molecule has 6 heteroatoms. The second-order valence-electron chi connectivity index (χ2n) is 3.79. The van der Waals surface area contributed by atoms with E-state index in [-0.39, 0.29) is 6.61 Å². The van der Waals surface area contributed by atoms with Gasteiger partial charge in [0.1, 0.15) is 11.5 Å². The van der Waals surface area contributed by atoms with Crippen LogP contribution in [-0.2, 0) is 4.79 Å². The Kier molecular flexibility index (Phi) is 5.29. The van der Waals surface area contributed by atoms with Crippen molar-refractivity contribution < 1.29 is 14.3 Å². The number of hydrogen-bond acceptors (Lipinski definition) is 3. The van der Waals surface area contributed by atoms with Gasteiger partial charge in [0.25, 0.3) is 0 Å². The van der Waals surface area contributed by atoms with Crippen molar-refractivity contribution in [3.63, 3.8) is 0 Å². The lowest BCUT2D eigenvalue weighted by Crippen LogP contribution is -2.17. The van der Waals surface area contributed by atoms with Gasteiger partial charge in [-0.2, -0.15) is 0 Å². The van der Waals surface area contributed by atoms with Gasteiger partial charge in [0, 0.05) is 15.6 Å². The SMILES string of the molecule is O=C(COc1cc(Cl)ccc1Cl)Oc1ccc(Br)cc1. The van der Waals surface area contributed by atoms with Crippen LogP contribution in [0.2, 0.25) is 10.0 Å². The van der Waals surface area contributed by atoms with Gasteiger partial charge in [-0.05, 0) is 36.4 Å². The predicted octanol–water partition coefficient (Wildman–Crippen LogP) is 4.74. The van der Waals surface area contributed by atoms with E-state index >= 15 is 0 Å². The number of ether oxygens (including phenoxy) is 2. The molecule has 0 aromatic heterocycles. The van der Waals surface area contributed by atoms with Crippen LogP contribution >= 0.6 is 39.1 Å². The predicted molar refractivity (Wildman–Crippen MR) is 81.7 cm³/mol. The van der Waals surface area contributed by atoms with Crippen LogP contribution in [0.4, 0.5) is 0 Å². The van der Waals surface area contributed by atoms with Crippen molar-refractivity contribution in [2.45, 2.75) is 0 Å². The topological polar surface area (TPSA) is 35.5 Å². The van der Waals surface area contributed by atoms with Gasteiger partial charge >= 0.3 is 5.97 Å². The molecular weight excluding hydrogens is 367 g/mol. The average Bonchev–Trinajstić information content (AvgIpc) is 2.42. The van der Waals surface area contributed by atoms with Gasteiger partial charge in [0.05, 0.1) is 5.02 Å². The van der Waals surface area contributed by atoms with Crippen LogP contribution < -0.4 is 9.47 Å². The smallest absolute Gasteiger partial charge is 0.349 e. The summed E-state index contributed by atoms with van der Waals surface area (Å²) >= 11 is 15.0. The maximum atomic E-state index is 11.6. The van der Waals surface area contributed by atoms with E-state index in [1.807, 2.05) is 0 Å². The maximum absolute atomic E-state index is 11.6. The maximum Gasteiger partial charge on any atom is 0.349 e. The van der Waals surface area contributed by atoms with E-state index in [9.17, 15) is 4.79 Å². The fraction of sp³-hybridized carbons (Fsp3) is 0.0714. The van der Waals surface area contributed by atoms with Gasteiger partial charge in [-0.1, -0.05) is 39.1 Å². The molecule has 0 unspecified atom stereocenters. The van der Waals surface area contributed by atoms with Crippen molar-refractivity contribution in [2.24, 2.45) is 0 Å². The number of rotatable bonds is 4. The molecular formula is C14H9BrCl2O3. The number of benzene rings is 2. The van der Waals surface area contributed by atoms with Crippen molar-refractivity contribution >= 4 is 45.1 Å². The van der Waals surface area contributed by atoms with Crippen LogP contribution in [-0.4, -0.2) is 12.6 Å². The van der Waals surface area contributed by atoms with Crippen molar-refractivity contribution in [1.29, 1.82) is 0 Å². The average molecular weight is 376 g/mol. The zero-order valence-electron chi connectivity index (χ0n) is 10.1. The van der Waals surface area contributed by atoms with Gasteiger partial charge in [-0.3, -0.25) is 0 Å². The van der Waals surface area contributed by atoms with E-state index in [2.05, 4.69) is 15.9 Å². The Morgan fingerprint density at radius 3 is 2.50 bits per heavy atom. The number of carbonyl (C=O) groups excluding carboxylic acids is 1. The first-order valence-electron chi connectivity index (χ1n) is 5.59. The summed E-state index contributed by atoms with van der Waals surface area (Å²) in [5.41, 5.74) is 0. The van der Waals surface area contributed by atoms with E-state index in [1.165, 1.54) is 6.07 Å². The summed E-state index contributed by atoms with van der Waals surface area (Å²) < 4.78 is 11.3. The third-order valence-corrected chi connectivity index (χ3v) is 3.36. The summed E-state index contributed by atoms with van der Waals surface area (Å²) in [4.78, 5) is 11.6. The van der Waals surface area contributed by atoms with E-state index < -0.39 is 5.97 Å². The monoisotopic (exact) mass is 374 g/mol. The zero-order valence-corrected chi connectivity index (χ0v) is 13.2. The molecule has 0 aliphatic carbocycles. The van der Waals surface area contributed by atoms with Crippen LogP contribution in [0.15, 0.2) is 46.9 Å². The molecule has 0 aliphatic heterocycles. The Morgan fingerprint density at radius 1 is 1.10 bits per heavy atom. The van der Waals surface area contributed by atoms with Gasteiger partial charge in [-0.25, -0.2) is 4.79 Å². The molecule has 0 atom stereocenters. The first-order chi connectivity index (χ1) is 9.54. The molecule has 0 saturated carbocycles. The fourth-order valence-electron chi connectivity index (χ4n) is 1.39. The van der Waals surface area contributed by atoms with Crippen LogP contribution in [0, 0.1) is 0 Å². The van der Waals surface area contributed by atoms with Gasteiger partial charge in [-0.15, -0.1) is 0 Å². The first-order valence-corrected chi connectivity index (χ1v) is 7.13. The third kappa shape index (κ3) is 4.40. The molecule has 2 aromatic carbocycles. The molecule has 0 fully saturated rings. The zero-order chi connectivity index (χ0) is 14.5. The molecule has 0 N–H and O–H groups in total. The van der Waals surface area contributed by atoms with E-state index in [1.54, 1.807) is 36.4 Å². The van der Waals surface area contributed by atoms with Crippen LogP contribution in [0.5, 0.6) is 11.5 Å². The molecule has 0 amide bonds. The number of hydrogen-bond donors (Lipinski definition) is 0. The van der Waals surface area contributed by atoms with Gasteiger partial charge in [0.2, 0.25) is 0 Å². The first kappa shape index (κ1) is 15.2. The molecule has 2 rings (SSSR count). The summed E-state index contributed by atoms with van der Waals surface area (Å²) in [7, 11) is 0. The molecule has 20 heavy (non-hydrogen) atoms. The summed E-state index contributed by atoms with van der Waals surface area (Å²) in [6.45, 7) is -0.254. The molecule has 3 nitrogen and oxygen atoms in total. The Hall–Kier alpha value is -1.23. The number of carbonyl (C=O) groups is 1. The second-order valence-corrected chi connectivity index (χ2v) is 5.55. The highest BCUT2D eigenvalue weighted by Crippen LogP contribution is 2.27. The lowest BCUT2D eigenvalue weighted by atomic mass is 10.3. The second kappa shape index (κ2) is 6.97. The third-order valence-electron chi connectivity index (χ3n) is 2.28. The van der Waals surface area contributed by atoms with Crippen LogP contribution in [0.25, 0.3) is 0 Å². The van der Waals surface area contributed by atoms with Gasteiger partial charge < -0.3 is 9.47 Å². The molecule has 0 heterocycles. The van der Waals surface area contributed by atoms with Crippen molar-refractivity contribution in [3.8, 4) is 11.5 Å². The number of halogens is 3. The Bertz CT molecular complexity index is 614. The summed E-state index contributed by atoms with van der Waals surface area (Å²) in [6.07, 6.45) is 0. The lowest BCUT2D eigenvalue weighted by molar-refractivity contribution is -0.136. The standard InChI is InChI=1S/C14H9BrCl2O3/c15-9-1-4-11(5-2-9)20-14(18)8-19-13-7-10(16)3-6-12(13)17/h1-7H,8H2. The minimum atomic E-state index is -0.525. The van der Waals surface area contributed by atoms with E-state index in [0.29, 0.717) is 21.5 Å². The van der Waals surface area contributed by atoms with Gasteiger partial charge in [0.15, 0.2) is 6.61 Å². The largest absolute Gasteiger partial charge is 0.480 e. The Balaban J connectivity index is 1.92. The number of esters is 1. The van der Waals surface area contributed by atoms with Crippen molar-refractivity contribution in [3.05, 3.63) is 57.0 Å². The summed E-state index contributed by atoms with van der Waals surface area (Å²) in [5.74, 6) is 0.259. The van der Waals surface area contributed by atoms with Crippen LogP contribution in [0.3, 0.4) is 0 Å². The molecule has 0 radical (unpaired) electrons. The molecule has 104 valence electrons. The Labute approximate surface area is 134 Å². The van der Waals surface area contributed by atoms with E-state index in [4.69, 9.17) is 32.7 Å². The van der Waals surface area contributed by atoms with Crippen molar-refractivity contribution in [2.75, 3.05) is 6.61 Å². The molecule has 0 bridgehead atoms. The van der Waals surface area contributed by atoms with Crippen molar-refractivity contribution in [1.82, 2.24) is 0 Å². The summed E-state index contributed by atoms with van der Waals surface area (Å²) in [6, 6.07) is 11.7. The molecule has 2 aromatic rings. The highest BCUT2D eigenvalue weighted by Gasteiger charge is 2.08. The molecule has 0 aliphatic rings. The molecule has 0 saturated heterocycles. The highest BCUT2D eigenvalue weighted by atomic mass is 79.9.